The molecule has 0 aliphatic rings. The van der Waals surface area contributed by atoms with Crippen molar-refractivity contribution in [3.8, 4) is 5.75 Å². The first kappa shape index (κ1) is 21.8. The quantitative estimate of drug-likeness (QED) is 0.550. The van der Waals surface area contributed by atoms with Gasteiger partial charge in [-0.3, -0.25) is 14.2 Å². The summed E-state index contributed by atoms with van der Waals surface area (Å²) in [5, 5.41) is 10.0. The van der Waals surface area contributed by atoms with Gasteiger partial charge in [0.2, 0.25) is 0 Å². The number of phenols is 1. The second kappa shape index (κ2) is 8.44. The van der Waals surface area contributed by atoms with E-state index in [2.05, 4.69) is 0 Å². The summed E-state index contributed by atoms with van der Waals surface area (Å²) in [6.07, 6.45) is 0.606. The third kappa shape index (κ3) is 3.65. The smallest absolute Gasteiger partial charge is 0.313 e. The van der Waals surface area contributed by atoms with E-state index in [1.807, 2.05) is 6.92 Å². The van der Waals surface area contributed by atoms with Gasteiger partial charge in [-0.05, 0) is 50.1 Å². The van der Waals surface area contributed by atoms with Gasteiger partial charge in [0.1, 0.15) is 0 Å². The molecule has 0 spiro atoms. The predicted octanol–water partition coefficient (Wildman–Crippen LogP) is 5.33. The Kier molecular flexibility index (Phi) is 6.12. The Bertz CT molecular complexity index is 1140. The number of ether oxygens (including phenoxy) is 1. The molecule has 2 aromatic carbocycles. The highest BCUT2D eigenvalue weighted by atomic mass is 35.5. The summed E-state index contributed by atoms with van der Waals surface area (Å²) in [7, 11) is 0. The van der Waals surface area contributed by atoms with Crippen molar-refractivity contribution in [2.24, 2.45) is 0 Å². The van der Waals surface area contributed by atoms with Crippen molar-refractivity contribution in [2.45, 2.75) is 33.1 Å². The average Bonchev–Trinajstić information content (AvgIpc) is 3.01. The zero-order valence-corrected chi connectivity index (χ0v) is 17.4. The van der Waals surface area contributed by atoms with Gasteiger partial charge in [-0.1, -0.05) is 18.5 Å². The minimum Gasteiger partial charge on any atom is -0.503 e. The van der Waals surface area contributed by atoms with E-state index in [0.717, 1.165) is 10.6 Å². The second-order valence-corrected chi connectivity index (χ2v) is 7.39. The van der Waals surface area contributed by atoms with E-state index in [-0.39, 0.29) is 34.3 Å². The molecular formula is C22H20ClF2NO4. The fraction of sp³-hybridized carbons (Fsp3) is 0.273. The molecule has 3 aromatic rings. The monoisotopic (exact) mass is 435 g/mol. The maximum absolute atomic E-state index is 14.9. The van der Waals surface area contributed by atoms with Crippen LogP contribution in [0.3, 0.4) is 0 Å². The molecule has 1 heterocycles. The van der Waals surface area contributed by atoms with Gasteiger partial charge in [0, 0.05) is 27.7 Å². The minimum atomic E-state index is -1.24. The minimum absolute atomic E-state index is 0.0922. The summed E-state index contributed by atoms with van der Waals surface area (Å²) in [5.74, 6) is -5.73. The number of fused-ring (bicyclic) bond motifs is 1. The first-order valence-electron chi connectivity index (χ1n) is 9.37. The molecule has 158 valence electrons. The summed E-state index contributed by atoms with van der Waals surface area (Å²) >= 11 is 5.87. The van der Waals surface area contributed by atoms with E-state index in [0.29, 0.717) is 11.4 Å². The van der Waals surface area contributed by atoms with E-state index >= 15 is 0 Å². The summed E-state index contributed by atoms with van der Waals surface area (Å²) < 4.78 is 35.4. The second-order valence-electron chi connectivity index (χ2n) is 6.95. The van der Waals surface area contributed by atoms with Crippen LogP contribution in [0.5, 0.6) is 5.75 Å². The van der Waals surface area contributed by atoms with Gasteiger partial charge in [0.05, 0.1) is 18.0 Å². The van der Waals surface area contributed by atoms with Crippen molar-refractivity contribution in [2.75, 3.05) is 6.61 Å². The number of benzene rings is 2. The Morgan fingerprint density at radius 1 is 1.23 bits per heavy atom. The van der Waals surface area contributed by atoms with Crippen LogP contribution in [0, 0.1) is 18.6 Å². The molecule has 1 N–H and O–H groups in total. The van der Waals surface area contributed by atoms with Crippen molar-refractivity contribution < 1.29 is 28.2 Å². The van der Waals surface area contributed by atoms with Crippen molar-refractivity contribution in [1.29, 1.82) is 0 Å². The number of phenolic OH excluding ortho intramolecular Hbond substituents is 1. The number of nitrogens with zero attached hydrogens (tertiary/aromatic N) is 1. The van der Waals surface area contributed by atoms with Crippen molar-refractivity contribution in [1.82, 2.24) is 4.57 Å². The van der Waals surface area contributed by atoms with Crippen LogP contribution in [-0.2, 0) is 9.53 Å². The van der Waals surface area contributed by atoms with E-state index in [4.69, 9.17) is 16.3 Å². The normalized spacial score (nSPS) is 12.2. The number of hydrogen-bond acceptors (Lipinski definition) is 4. The van der Waals surface area contributed by atoms with Crippen LogP contribution in [0.15, 0.2) is 30.3 Å². The molecule has 0 aliphatic carbocycles. The maximum Gasteiger partial charge on any atom is 0.313 e. The maximum atomic E-state index is 14.9. The topological polar surface area (TPSA) is 68.5 Å². The predicted molar refractivity (Wildman–Crippen MR) is 109 cm³/mol. The first-order valence-corrected chi connectivity index (χ1v) is 9.75. The molecule has 0 bridgehead atoms. The lowest BCUT2D eigenvalue weighted by Crippen LogP contribution is -2.17. The van der Waals surface area contributed by atoms with Crippen LogP contribution >= 0.6 is 11.6 Å². The number of halogens is 3. The molecule has 0 amide bonds. The summed E-state index contributed by atoms with van der Waals surface area (Å²) in [6.45, 7) is 5.06. The number of carbonyl (C=O) groups excluding carboxylic acids is 2. The Labute approximate surface area is 176 Å². The molecule has 1 aromatic heterocycles. The standard InChI is InChI=1S/C22H20ClF2NO4/c1-4-9-30-22(29)11(2)17-12(3)26(21(28)13-5-7-14(23)8-6-13)16-10-15(24)20(27)19(25)18(16)17/h5-8,10-11,27H,4,9H2,1-3H3/t11-/m0/s1. The SMILES string of the molecule is CCCOC(=O)[C@@H](C)c1c(C)n(C(=O)c2ccc(Cl)cc2)c2cc(F)c(O)c(F)c12. The van der Waals surface area contributed by atoms with Crippen molar-refractivity contribution in [3.63, 3.8) is 0 Å². The molecule has 0 fully saturated rings. The molecular weight excluding hydrogens is 416 g/mol. The van der Waals surface area contributed by atoms with Crippen LogP contribution in [0.2, 0.25) is 5.02 Å². The van der Waals surface area contributed by atoms with Crippen LogP contribution in [-0.4, -0.2) is 28.2 Å². The lowest BCUT2D eigenvalue weighted by Gasteiger charge is -2.13. The Hall–Kier alpha value is -2.93. The number of hydrogen-bond donors (Lipinski definition) is 1. The summed E-state index contributed by atoms with van der Waals surface area (Å²) in [5.41, 5.74) is 0.544. The summed E-state index contributed by atoms with van der Waals surface area (Å²) in [4.78, 5) is 25.6. The van der Waals surface area contributed by atoms with E-state index in [9.17, 15) is 23.5 Å². The molecule has 0 radical (unpaired) electrons. The van der Waals surface area contributed by atoms with Gasteiger partial charge in [0.25, 0.3) is 5.91 Å². The number of rotatable bonds is 5. The number of aromatic nitrogens is 1. The third-order valence-electron chi connectivity index (χ3n) is 4.94. The summed E-state index contributed by atoms with van der Waals surface area (Å²) in [6, 6.07) is 6.90. The molecule has 30 heavy (non-hydrogen) atoms. The highest BCUT2D eigenvalue weighted by molar-refractivity contribution is 6.30. The molecule has 5 nitrogen and oxygen atoms in total. The van der Waals surface area contributed by atoms with Gasteiger partial charge in [-0.25, -0.2) is 8.78 Å². The zero-order chi connectivity index (χ0) is 22.2. The number of carbonyl (C=O) groups is 2. The fourth-order valence-corrected chi connectivity index (χ4v) is 3.60. The Balaban J connectivity index is 2.28. The van der Waals surface area contributed by atoms with Crippen LogP contribution in [0.1, 0.15) is 47.8 Å². The lowest BCUT2D eigenvalue weighted by molar-refractivity contribution is -0.145. The zero-order valence-electron chi connectivity index (χ0n) is 16.6. The van der Waals surface area contributed by atoms with Gasteiger partial charge >= 0.3 is 5.97 Å². The average molecular weight is 436 g/mol. The highest BCUT2D eigenvalue weighted by Crippen LogP contribution is 2.39. The van der Waals surface area contributed by atoms with E-state index in [1.165, 1.54) is 38.1 Å². The Morgan fingerprint density at radius 2 is 1.87 bits per heavy atom. The van der Waals surface area contributed by atoms with Crippen LogP contribution < -0.4 is 0 Å². The lowest BCUT2D eigenvalue weighted by atomic mass is 9.97. The van der Waals surface area contributed by atoms with E-state index < -0.39 is 35.2 Å². The number of esters is 1. The fourth-order valence-electron chi connectivity index (χ4n) is 3.47. The van der Waals surface area contributed by atoms with Gasteiger partial charge in [-0.2, -0.15) is 0 Å². The molecule has 0 saturated carbocycles. The van der Waals surface area contributed by atoms with E-state index in [1.54, 1.807) is 0 Å². The Morgan fingerprint density at radius 3 is 2.47 bits per heavy atom. The molecule has 0 saturated heterocycles. The first-order chi connectivity index (χ1) is 14.2. The van der Waals surface area contributed by atoms with Crippen LogP contribution in [0.25, 0.3) is 10.9 Å². The highest BCUT2D eigenvalue weighted by Gasteiger charge is 2.31. The molecule has 0 aliphatic heterocycles. The van der Waals surface area contributed by atoms with Gasteiger partial charge in [0.15, 0.2) is 17.4 Å². The van der Waals surface area contributed by atoms with Crippen molar-refractivity contribution >= 4 is 34.4 Å². The molecule has 8 heteroatoms. The largest absolute Gasteiger partial charge is 0.503 e. The molecule has 0 unspecified atom stereocenters. The van der Waals surface area contributed by atoms with Gasteiger partial charge in [-0.15, -0.1) is 0 Å². The molecule has 1 atom stereocenters. The third-order valence-corrected chi connectivity index (χ3v) is 5.19. The van der Waals surface area contributed by atoms with Crippen molar-refractivity contribution in [3.05, 3.63) is 63.8 Å². The molecule has 3 rings (SSSR count). The van der Waals surface area contributed by atoms with Crippen LogP contribution in [0.4, 0.5) is 8.78 Å². The number of aromatic hydroxyl groups is 1. The van der Waals surface area contributed by atoms with Gasteiger partial charge < -0.3 is 9.84 Å².